The molecule has 0 bridgehead atoms. The lowest BCUT2D eigenvalue weighted by Gasteiger charge is -2.31. The van der Waals surface area contributed by atoms with Gasteiger partial charge < -0.3 is 24.0 Å². The lowest BCUT2D eigenvalue weighted by molar-refractivity contribution is 0.0733. The van der Waals surface area contributed by atoms with Gasteiger partial charge >= 0.3 is 0 Å². The van der Waals surface area contributed by atoms with E-state index >= 15 is 0 Å². The molecule has 6 rings (SSSR count). The molecule has 0 atom stereocenters. The molecular weight excluding hydrogens is 493 g/mol. The normalized spacial score (nSPS) is 14.8. The number of benzene rings is 2. The average molecular weight is 520 g/mol. The number of thiophene rings is 1. The molecule has 2 aliphatic rings. The molecule has 4 heterocycles. The molecule has 7 nitrogen and oxygen atoms in total. The Morgan fingerprint density at radius 2 is 1.89 bits per heavy atom. The van der Waals surface area contributed by atoms with Crippen molar-refractivity contribution >= 4 is 34.0 Å². The highest BCUT2D eigenvalue weighted by atomic mass is 32.1. The standard InChI is InChI=1S/C28H26FN3O4S/c1-18-6-11-37-26(18)28(33)32(15-19-2-5-24-25(12-19)36-17-35-24)16-21-13-20-3-4-22(29)14-23(20)30-27(21)31-7-9-34-10-8-31/h2-6,11-14H,7-10,15-17H2,1H3. The van der Waals surface area contributed by atoms with E-state index in [1.54, 1.807) is 6.07 Å². The molecule has 9 heteroatoms. The summed E-state index contributed by atoms with van der Waals surface area (Å²) in [6, 6.07) is 14.4. The van der Waals surface area contributed by atoms with E-state index in [4.69, 9.17) is 19.2 Å². The van der Waals surface area contributed by atoms with Crippen LogP contribution in [0.3, 0.4) is 0 Å². The Morgan fingerprint density at radius 3 is 2.70 bits per heavy atom. The van der Waals surface area contributed by atoms with Crippen LogP contribution in [0.15, 0.2) is 53.9 Å². The minimum atomic E-state index is -0.325. The molecule has 37 heavy (non-hydrogen) atoms. The van der Waals surface area contributed by atoms with Gasteiger partial charge in [0.1, 0.15) is 11.6 Å². The summed E-state index contributed by atoms with van der Waals surface area (Å²) in [5.41, 5.74) is 3.39. The van der Waals surface area contributed by atoms with Gasteiger partial charge in [0.15, 0.2) is 11.5 Å². The van der Waals surface area contributed by atoms with Gasteiger partial charge in [-0.05, 0) is 59.8 Å². The van der Waals surface area contributed by atoms with E-state index in [1.165, 1.54) is 23.5 Å². The number of fused-ring (bicyclic) bond motifs is 2. The fourth-order valence-electron chi connectivity index (χ4n) is 4.74. The van der Waals surface area contributed by atoms with Crippen molar-refractivity contribution in [3.63, 3.8) is 0 Å². The van der Waals surface area contributed by atoms with Crippen molar-refractivity contribution in [3.8, 4) is 11.5 Å². The van der Waals surface area contributed by atoms with Crippen LogP contribution < -0.4 is 14.4 Å². The van der Waals surface area contributed by atoms with Crippen molar-refractivity contribution < 1.29 is 23.4 Å². The fourth-order valence-corrected chi connectivity index (χ4v) is 5.63. The first-order valence-corrected chi connectivity index (χ1v) is 13.1. The highest BCUT2D eigenvalue weighted by Gasteiger charge is 2.25. The molecule has 2 aromatic carbocycles. The molecule has 0 unspecified atom stereocenters. The Morgan fingerprint density at radius 1 is 1.05 bits per heavy atom. The Bertz CT molecular complexity index is 1470. The zero-order valence-electron chi connectivity index (χ0n) is 20.4. The average Bonchev–Trinajstić information content (AvgIpc) is 3.56. The number of aryl methyl sites for hydroxylation is 1. The molecule has 0 spiro atoms. The topological polar surface area (TPSA) is 64.1 Å². The quantitative estimate of drug-likeness (QED) is 0.351. The van der Waals surface area contributed by atoms with Crippen LogP contribution in [0.5, 0.6) is 11.5 Å². The first-order chi connectivity index (χ1) is 18.0. The van der Waals surface area contributed by atoms with Crippen molar-refractivity contribution in [2.45, 2.75) is 20.0 Å². The summed E-state index contributed by atoms with van der Waals surface area (Å²) in [5.74, 6) is 1.77. The minimum Gasteiger partial charge on any atom is -0.454 e. The van der Waals surface area contributed by atoms with Crippen molar-refractivity contribution in [3.05, 3.63) is 81.3 Å². The molecule has 2 aromatic heterocycles. The van der Waals surface area contributed by atoms with Crippen molar-refractivity contribution in [1.82, 2.24) is 9.88 Å². The van der Waals surface area contributed by atoms with Gasteiger partial charge in [-0.25, -0.2) is 9.37 Å². The van der Waals surface area contributed by atoms with Crippen LogP contribution in [0.4, 0.5) is 10.2 Å². The van der Waals surface area contributed by atoms with Crippen molar-refractivity contribution in [2.24, 2.45) is 0 Å². The number of hydrogen-bond donors (Lipinski definition) is 0. The van der Waals surface area contributed by atoms with Gasteiger partial charge in [-0.3, -0.25) is 4.79 Å². The van der Waals surface area contributed by atoms with Crippen molar-refractivity contribution in [2.75, 3.05) is 38.0 Å². The number of ether oxygens (including phenoxy) is 3. The third kappa shape index (κ3) is 4.84. The predicted molar refractivity (Wildman–Crippen MR) is 140 cm³/mol. The van der Waals surface area contributed by atoms with E-state index in [9.17, 15) is 9.18 Å². The van der Waals surface area contributed by atoms with E-state index in [0.29, 0.717) is 61.3 Å². The van der Waals surface area contributed by atoms with Gasteiger partial charge in [0.05, 0.1) is 30.2 Å². The number of nitrogens with zero attached hydrogens (tertiary/aromatic N) is 3. The van der Waals surface area contributed by atoms with Crippen LogP contribution in [0.1, 0.15) is 26.4 Å². The maximum Gasteiger partial charge on any atom is 0.264 e. The van der Waals surface area contributed by atoms with Crippen molar-refractivity contribution in [1.29, 1.82) is 0 Å². The summed E-state index contributed by atoms with van der Waals surface area (Å²) in [7, 11) is 0. The number of carbonyl (C=O) groups is 1. The molecular formula is C28H26FN3O4S. The van der Waals surface area contributed by atoms with Gasteiger partial charge in [0.2, 0.25) is 6.79 Å². The smallest absolute Gasteiger partial charge is 0.264 e. The first-order valence-electron chi connectivity index (χ1n) is 12.2. The molecule has 0 radical (unpaired) electrons. The van der Waals surface area contributed by atoms with Crippen LogP contribution in [-0.2, 0) is 17.8 Å². The van der Waals surface area contributed by atoms with Crippen LogP contribution in [0.25, 0.3) is 10.9 Å². The van der Waals surface area contributed by atoms with Crippen LogP contribution in [0, 0.1) is 12.7 Å². The molecule has 1 amide bonds. The zero-order valence-corrected chi connectivity index (χ0v) is 21.2. The molecule has 2 aliphatic heterocycles. The fraction of sp³-hybridized carbons (Fsp3) is 0.286. The minimum absolute atomic E-state index is 0.0442. The second-order valence-corrected chi connectivity index (χ2v) is 10.1. The lowest BCUT2D eigenvalue weighted by Crippen LogP contribution is -2.38. The second-order valence-electron chi connectivity index (χ2n) is 9.19. The molecule has 0 saturated carbocycles. The lowest BCUT2D eigenvalue weighted by atomic mass is 10.1. The molecule has 0 N–H and O–H groups in total. The summed E-state index contributed by atoms with van der Waals surface area (Å²) in [5, 5.41) is 2.77. The number of rotatable bonds is 6. The number of anilines is 1. The van der Waals surface area contributed by atoms with Gasteiger partial charge in [0, 0.05) is 36.7 Å². The number of aromatic nitrogens is 1. The molecule has 0 aliphatic carbocycles. The molecule has 190 valence electrons. The predicted octanol–water partition coefficient (Wildman–Crippen LogP) is 5.15. The summed E-state index contributed by atoms with van der Waals surface area (Å²) in [6.07, 6.45) is 0. The Balaban J connectivity index is 1.40. The number of pyridine rings is 1. The van der Waals surface area contributed by atoms with Gasteiger partial charge in [-0.1, -0.05) is 6.07 Å². The maximum atomic E-state index is 14.0. The Labute approximate surface area is 218 Å². The number of morpholine rings is 1. The van der Waals surface area contributed by atoms with Crippen LogP contribution >= 0.6 is 11.3 Å². The van der Waals surface area contributed by atoms with Crippen LogP contribution in [-0.4, -0.2) is 48.9 Å². The van der Waals surface area contributed by atoms with Gasteiger partial charge in [0.25, 0.3) is 5.91 Å². The van der Waals surface area contributed by atoms with Gasteiger partial charge in [-0.15, -0.1) is 11.3 Å². The van der Waals surface area contributed by atoms with E-state index in [0.717, 1.165) is 27.9 Å². The van der Waals surface area contributed by atoms with E-state index in [1.807, 2.05) is 47.5 Å². The second kappa shape index (κ2) is 9.99. The first kappa shape index (κ1) is 23.7. The van der Waals surface area contributed by atoms with E-state index in [-0.39, 0.29) is 18.5 Å². The third-order valence-electron chi connectivity index (χ3n) is 6.66. The molecule has 4 aromatic rings. The number of hydrogen-bond acceptors (Lipinski definition) is 7. The monoisotopic (exact) mass is 519 g/mol. The number of carbonyl (C=O) groups excluding carboxylic acids is 1. The summed E-state index contributed by atoms with van der Waals surface area (Å²) in [4.78, 5) is 23.4. The highest BCUT2D eigenvalue weighted by Crippen LogP contribution is 2.34. The number of halogens is 1. The van der Waals surface area contributed by atoms with Gasteiger partial charge in [-0.2, -0.15) is 0 Å². The number of amides is 1. The largest absolute Gasteiger partial charge is 0.454 e. The molecule has 1 fully saturated rings. The SMILES string of the molecule is Cc1ccsc1C(=O)N(Cc1ccc2c(c1)OCO2)Cc1cc2ccc(F)cc2nc1N1CCOCC1. The zero-order chi connectivity index (χ0) is 25.4. The maximum absolute atomic E-state index is 14.0. The highest BCUT2D eigenvalue weighted by molar-refractivity contribution is 7.12. The Hall–Kier alpha value is -3.69. The summed E-state index contributed by atoms with van der Waals surface area (Å²) < 4.78 is 30.6. The summed E-state index contributed by atoms with van der Waals surface area (Å²) in [6.45, 7) is 5.43. The summed E-state index contributed by atoms with van der Waals surface area (Å²) >= 11 is 1.44. The van der Waals surface area contributed by atoms with E-state index < -0.39 is 0 Å². The Kier molecular flexibility index (Phi) is 6.40. The molecule has 1 saturated heterocycles. The third-order valence-corrected chi connectivity index (χ3v) is 7.67. The van der Waals surface area contributed by atoms with E-state index in [2.05, 4.69) is 4.90 Å². The van der Waals surface area contributed by atoms with Crippen LogP contribution in [0.2, 0.25) is 0 Å².